The fraction of sp³-hybridized carbons (Fsp3) is 0.240. The zero-order valence-corrected chi connectivity index (χ0v) is 18.3. The summed E-state index contributed by atoms with van der Waals surface area (Å²) in [6.07, 6.45) is -3.58. The second-order valence-electron chi connectivity index (χ2n) is 8.23. The van der Waals surface area contributed by atoms with Crippen LogP contribution in [0.15, 0.2) is 65.5 Å². The van der Waals surface area contributed by atoms with Gasteiger partial charge in [-0.3, -0.25) is 4.79 Å². The summed E-state index contributed by atoms with van der Waals surface area (Å²) >= 11 is 1.40. The zero-order valence-electron chi connectivity index (χ0n) is 17.5. The number of aryl methyl sites for hydroxylation is 1. The number of hydrogen-bond acceptors (Lipinski definition) is 5. The quantitative estimate of drug-likeness (QED) is 0.354. The van der Waals surface area contributed by atoms with Gasteiger partial charge in [-0.25, -0.2) is 0 Å². The molecular weight excluding hydrogens is 451 g/mol. The highest BCUT2D eigenvalue weighted by Crippen LogP contribution is 2.34. The molecular formula is C25H22F3NO3S. The van der Waals surface area contributed by atoms with Gasteiger partial charge in [-0.1, -0.05) is 24.3 Å². The number of fused-ring (bicyclic) bond motifs is 2. The minimum atomic E-state index is -4.43. The van der Waals surface area contributed by atoms with E-state index in [2.05, 4.69) is 0 Å². The van der Waals surface area contributed by atoms with E-state index in [4.69, 9.17) is 5.73 Å². The highest BCUT2D eigenvalue weighted by molar-refractivity contribution is 7.24. The topological polar surface area (TPSA) is 83.6 Å². The van der Waals surface area contributed by atoms with Gasteiger partial charge in [-0.2, -0.15) is 13.2 Å². The lowest BCUT2D eigenvalue weighted by Crippen LogP contribution is -2.47. The molecule has 0 radical (unpaired) electrons. The fourth-order valence-electron chi connectivity index (χ4n) is 3.71. The van der Waals surface area contributed by atoms with Crippen molar-refractivity contribution in [3.05, 3.63) is 82.0 Å². The molecule has 0 unspecified atom stereocenters. The van der Waals surface area contributed by atoms with E-state index in [-0.39, 0.29) is 18.6 Å². The predicted molar refractivity (Wildman–Crippen MR) is 125 cm³/mol. The Labute approximate surface area is 191 Å². The van der Waals surface area contributed by atoms with Crippen molar-refractivity contribution in [3.8, 4) is 11.1 Å². The lowest BCUT2D eigenvalue weighted by molar-refractivity contribution is -0.137. The summed E-state index contributed by atoms with van der Waals surface area (Å²) in [5, 5.41) is 19.8. The monoisotopic (exact) mass is 473 g/mol. The van der Waals surface area contributed by atoms with Crippen molar-refractivity contribution in [2.75, 3.05) is 13.2 Å². The van der Waals surface area contributed by atoms with Gasteiger partial charge in [0.15, 0.2) is 5.43 Å². The van der Waals surface area contributed by atoms with Crippen LogP contribution in [0.3, 0.4) is 0 Å². The van der Waals surface area contributed by atoms with Crippen molar-refractivity contribution in [3.63, 3.8) is 0 Å². The SMILES string of the molecule is NC(CO)(CO)CCc1ccc2sc3cc(-c4cccc(C(F)(F)F)c4)ccc3c(=O)c2c1. The van der Waals surface area contributed by atoms with Crippen LogP contribution in [0.25, 0.3) is 31.3 Å². The smallest absolute Gasteiger partial charge is 0.394 e. The van der Waals surface area contributed by atoms with Crippen LogP contribution in [0.5, 0.6) is 0 Å². The summed E-state index contributed by atoms with van der Waals surface area (Å²) in [6.45, 7) is -0.685. The van der Waals surface area contributed by atoms with Crippen molar-refractivity contribution < 1.29 is 23.4 Å². The first kappa shape index (κ1) is 23.4. The Morgan fingerprint density at radius 3 is 2.27 bits per heavy atom. The highest BCUT2D eigenvalue weighted by Gasteiger charge is 2.30. The van der Waals surface area contributed by atoms with Crippen LogP contribution in [-0.2, 0) is 12.6 Å². The van der Waals surface area contributed by atoms with E-state index in [0.29, 0.717) is 39.4 Å². The van der Waals surface area contributed by atoms with Crippen molar-refractivity contribution in [1.82, 2.24) is 0 Å². The number of nitrogens with two attached hydrogens (primary N) is 1. The average molecular weight is 474 g/mol. The molecule has 4 aromatic rings. The minimum Gasteiger partial charge on any atom is -0.394 e. The van der Waals surface area contributed by atoms with Crippen LogP contribution in [-0.4, -0.2) is 29.0 Å². The average Bonchev–Trinajstić information content (AvgIpc) is 2.82. The summed E-state index contributed by atoms with van der Waals surface area (Å²) in [5.74, 6) is 0. The van der Waals surface area contributed by atoms with E-state index >= 15 is 0 Å². The Morgan fingerprint density at radius 2 is 1.58 bits per heavy atom. The summed E-state index contributed by atoms with van der Waals surface area (Å²) in [4.78, 5) is 13.1. The van der Waals surface area contributed by atoms with Gasteiger partial charge in [0.1, 0.15) is 0 Å². The fourth-order valence-corrected chi connectivity index (χ4v) is 4.80. The molecule has 33 heavy (non-hydrogen) atoms. The van der Waals surface area contributed by atoms with Crippen molar-refractivity contribution in [2.24, 2.45) is 5.73 Å². The van der Waals surface area contributed by atoms with Crippen LogP contribution >= 0.6 is 11.3 Å². The molecule has 8 heteroatoms. The number of rotatable bonds is 6. The maximum atomic E-state index is 13.1. The second kappa shape index (κ2) is 8.87. The van der Waals surface area contributed by atoms with Crippen LogP contribution < -0.4 is 11.2 Å². The Morgan fingerprint density at radius 1 is 0.848 bits per heavy atom. The molecule has 0 atom stereocenters. The lowest BCUT2D eigenvalue weighted by Gasteiger charge is -2.24. The molecule has 4 rings (SSSR count). The minimum absolute atomic E-state index is 0.153. The van der Waals surface area contributed by atoms with Crippen LogP contribution in [0, 0.1) is 0 Å². The molecule has 0 amide bonds. The van der Waals surface area contributed by atoms with Crippen molar-refractivity contribution >= 4 is 31.5 Å². The normalized spacial score (nSPS) is 12.5. The van der Waals surface area contributed by atoms with Gasteiger partial charge in [0.25, 0.3) is 0 Å². The van der Waals surface area contributed by atoms with Gasteiger partial charge >= 0.3 is 6.18 Å². The number of halogens is 3. The number of aliphatic hydroxyl groups is 2. The summed E-state index contributed by atoms with van der Waals surface area (Å²) < 4.78 is 40.7. The zero-order chi connectivity index (χ0) is 23.8. The Balaban J connectivity index is 1.73. The summed E-state index contributed by atoms with van der Waals surface area (Å²) in [7, 11) is 0. The molecule has 1 aromatic heterocycles. The van der Waals surface area contributed by atoms with Crippen molar-refractivity contribution in [2.45, 2.75) is 24.6 Å². The van der Waals surface area contributed by atoms with Crippen molar-refractivity contribution in [1.29, 1.82) is 0 Å². The van der Waals surface area contributed by atoms with Gasteiger partial charge in [-0.05, 0) is 65.9 Å². The van der Waals surface area contributed by atoms with Gasteiger partial charge in [0.05, 0.1) is 24.3 Å². The van der Waals surface area contributed by atoms with Gasteiger partial charge < -0.3 is 15.9 Å². The van der Waals surface area contributed by atoms with Gasteiger partial charge in [0.2, 0.25) is 0 Å². The molecule has 0 saturated heterocycles. The Bertz CT molecular complexity index is 1380. The number of hydrogen-bond donors (Lipinski definition) is 3. The number of benzene rings is 3. The van der Waals surface area contributed by atoms with E-state index in [1.54, 1.807) is 30.3 Å². The van der Waals surface area contributed by atoms with E-state index in [9.17, 15) is 28.2 Å². The summed E-state index contributed by atoms with van der Waals surface area (Å²) in [6, 6.07) is 15.7. The first-order valence-corrected chi connectivity index (χ1v) is 11.1. The molecule has 0 saturated carbocycles. The first-order valence-electron chi connectivity index (χ1n) is 10.3. The first-order chi connectivity index (χ1) is 15.6. The van der Waals surface area contributed by atoms with Gasteiger partial charge in [-0.15, -0.1) is 11.3 Å². The van der Waals surface area contributed by atoms with Gasteiger partial charge in [0, 0.05) is 20.2 Å². The number of aliphatic hydroxyl groups excluding tert-OH is 2. The molecule has 4 N–H and O–H groups in total. The largest absolute Gasteiger partial charge is 0.416 e. The molecule has 0 spiro atoms. The molecule has 0 aliphatic carbocycles. The van der Waals surface area contributed by atoms with Crippen LogP contribution in [0.4, 0.5) is 13.2 Å². The maximum Gasteiger partial charge on any atom is 0.416 e. The maximum absolute atomic E-state index is 13.1. The van der Waals surface area contributed by atoms with Crippen LogP contribution in [0.2, 0.25) is 0 Å². The molecule has 1 heterocycles. The van der Waals surface area contributed by atoms with E-state index in [0.717, 1.165) is 22.4 Å². The van der Waals surface area contributed by atoms with Crippen LogP contribution in [0.1, 0.15) is 17.5 Å². The van der Waals surface area contributed by atoms with E-state index in [1.165, 1.54) is 17.4 Å². The number of alkyl halides is 3. The molecule has 172 valence electrons. The second-order valence-corrected chi connectivity index (χ2v) is 9.31. The molecule has 0 bridgehead atoms. The molecule has 0 aliphatic rings. The standard InChI is InChI=1S/C25H22F3NO3S/c26-25(27,28)18-3-1-2-16(11-18)17-5-6-19-22(12-17)33-21-7-4-15(10-20(21)23(19)32)8-9-24(29,13-30)14-31/h1-7,10-12,30-31H,8-9,13-14,29H2. The van der Waals surface area contributed by atoms with E-state index < -0.39 is 17.3 Å². The third-order valence-electron chi connectivity index (χ3n) is 5.80. The predicted octanol–water partition coefficient (Wildman–Crippen LogP) is 4.72. The third-order valence-corrected chi connectivity index (χ3v) is 6.93. The molecule has 0 aliphatic heterocycles. The highest BCUT2D eigenvalue weighted by atomic mass is 32.1. The molecule has 3 aromatic carbocycles. The molecule has 0 fully saturated rings. The molecule has 4 nitrogen and oxygen atoms in total. The lowest BCUT2D eigenvalue weighted by atomic mass is 9.93. The van der Waals surface area contributed by atoms with E-state index in [1.807, 2.05) is 12.1 Å². The Kier molecular flexibility index (Phi) is 6.28. The Hall–Kier alpha value is -2.78. The third kappa shape index (κ3) is 4.79. The summed E-state index contributed by atoms with van der Waals surface area (Å²) in [5.41, 5.74) is 5.88.